The molecule has 0 spiro atoms. The standard InChI is InChI=1S/C10H20O3S/c1-8(2)13-9-4-6-10(7-5-9)14(3,11)12/h8-10H,4-7H2,1-3H3. The van der Waals surface area contributed by atoms with Crippen LogP contribution in [0.15, 0.2) is 0 Å². The minimum atomic E-state index is -2.83. The molecule has 1 fully saturated rings. The lowest BCUT2D eigenvalue weighted by molar-refractivity contribution is -0.0112. The van der Waals surface area contributed by atoms with Crippen LogP contribution in [-0.4, -0.2) is 32.1 Å². The summed E-state index contributed by atoms with van der Waals surface area (Å²) in [5.41, 5.74) is 0. The molecule has 0 radical (unpaired) electrons. The smallest absolute Gasteiger partial charge is 0.150 e. The summed E-state index contributed by atoms with van der Waals surface area (Å²) < 4.78 is 28.2. The lowest BCUT2D eigenvalue weighted by Crippen LogP contribution is -2.30. The Hall–Kier alpha value is -0.0900. The van der Waals surface area contributed by atoms with Gasteiger partial charge in [0.2, 0.25) is 0 Å². The van der Waals surface area contributed by atoms with Gasteiger partial charge in [-0.15, -0.1) is 0 Å². The Balaban J connectivity index is 2.39. The van der Waals surface area contributed by atoms with E-state index in [0.717, 1.165) is 25.7 Å². The molecule has 0 unspecified atom stereocenters. The number of ether oxygens (including phenoxy) is 1. The monoisotopic (exact) mass is 220 g/mol. The van der Waals surface area contributed by atoms with Gasteiger partial charge in [-0.05, 0) is 39.5 Å². The number of sulfone groups is 1. The molecular weight excluding hydrogens is 200 g/mol. The Labute approximate surface area is 86.8 Å². The summed E-state index contributed by atoms with van der Waals surface area (Å²) in [5.74, 6) is 0. The van der Waals surface area contributed by atoms with Crippen LogP contribution in [0.1, 0.15) is 39.5 Å². The second-order valence-electron chi connectivity index (χ2n) is 4.41. The molecule has 0 aromatic heterocycles. The molecule has 0 atom stereocenters. The molecule has 14 heavy (non-hydrogen) atoms. The van der Waals surface area contributed by atoms with E-state index in [1.807, 2.05) is 13.8 Å². The Morgan fingerprint density at radius 2 is 1.64 bits per heavy atom. The topological polar surface area (TPSA) is 43.4 Å². The fourth-order valence-electron chi connectivity index (χ4n) is 1.98. The van der Waals surface area contributed by atoms with E-state index in [2.05, 4.69) is 0 Å². The highest BCUT2D eigenvalue weighted by atomic mass is 32.2. The summed E-state index contributed by atoms with van der Waals surface area (Å²) in [4.78, 5) is 0. The van der Waals surface area contributed by atoms with Crippen LogP contribution in [0.3, 0.4) is 0 Å². The molecule has 84 valence electrons. The van der Waals surface area contributed by atoms with E-state index < -0.39 is 9.84 Å². The number of hydrogen-bond acceptors (Lipinski definition) is 3. The quantitative estimate of drug-likeness (QED) is 0.728. The first-order valence-electron chi connectivity index (χ1n) is 5.24. The highest BCUT2D eigenvalue weighted by molar-refractivity contribution is 7.91. The molecule has 1 saturated carbocycles. The fraction of sp³-hybridized carbons (Fsp3) is 1.00. The van der Waals surface area contributed by atoms with E-state index in [0.29, 0.717) is 0 Å². The van der Waals surface area contributed by atoms with Crippen molar-refractivity contribution in [3.63, 3.8) is 0 Å². The second-order valence-corrected chi connectivity index (χ2v) is 6.74. The molecule has 0 aromatic rings. The molecule has 0 aliphatic heterocycles. The van der Waals surface area contributed by atoms with E-state index in [9.17, 15) is 8.42 Å². The van der Waals surface area contributed by atoms with E-state index >= 15 is 0 Å². The molecule has 1 aliphatic rings. The Kier molecular flexibility index (Phi) is 3.95. The number of hydrogen-bond donors (Lipinski definition) is 0. The minimum Gasteiger partial charge on any atom is -0.376 e. The van der Waals surface area contributed by atoms with Crippen LogP contribution < -0.4 is 0 Å². The predicted molar refractivity (Wildman–Crippen MR) is 57.1 cm³/mol. The third kappa shape index (κ3) is 3.58. The molecular formula is C10H20O3S. The van der Waals surface area contributed by atoms with E-state index in [1.165, 1.54) is 6.26 Å². The summed E-state index contributed by atoms with van der Waals surface area (Å²) in [6, 6.07) is 0. The van der Waals surface area contributed by atoms with E-state index in [-0.39, 0.29) is 17.5 Å². The van der Waals surface area contributed by atoms with Crippen molar-refractivity contribution in [3.05, 3.63) is 0 Å². The first-order chi connectivity index (χ1) is 6.39. The van der Waals surface area contributed by atoms with Crippen LogP contribution in [0.5, 0.6) is 0 Å². The zero-order valence-corrected chi connectivity index (χ0v) is 10.0. The average molecular weight is 220 g/mol. The van der Waals surface area contributed by atoms with Gasteiger partial charge in [-0.3, -0.25) is 0 Å². The maximum Gasteiger partial charge on any atom is 0.150 e. The molecule has 0 amide bonds. The number of rotatable bonds is 3. The van der Waals surface area contributed by atoms with Gasteiger partial charge >= 0.3 is 0 Å². The zero-order chi connectivity index (χ0) is 10.8. The molecule has 0 heterocycles. The third-order valence-electron chi connectivity index (χ3n) is 2.69. The van der Waals surface area contributed by atoms with E-state index in [1.54, 1.807) is 0 Å². The largest absolute Gasteiger partial charge is 0.376 e. The maximum absolute atomic E-state index is 11.3. The second kappa shape index (κ2) is 4.62. The van der Waals surface area contributed by atoms with Gasteiger partial charge in [-0.2, -0.15) is 0 Å². The van der Waals surface area contributed by atoms with Crippen LogP contribution in [0.25, 0.3) is 0 Å². The van der Waals surface area contributed by atoms with Crippen molar-refractivity contribution in [1.82, 2.24) is 0 Å². The van der Waals surface area contributed by atoms with Crippen molar-refractivity contribution in [2.45, 2.75) is 57.0 Å². The van der Waals surface area contributed by atoms with Gasteiger partial charge in [0.1, 0.15) is 9.84 Å². The van der Waals surface area contributed by atoms with Crippen molar-refractivity contribution in [3.8, 4) is 0 Å². The summed E-state index contributed by atoms with van der Waals surface area (Å²) in [6.07, 6.45) is 5.14. The summed E-state index contributed by atoms with van der Waals surface area (Å²) in [5, 5.41) is -0.130. The molecule has 0 aromatic carbocycles. The van der Waals surface area contributed by atoms with Crippen LogP contribution in [-0.2, 0) is 14.6 Å². The average Bonchev–Trinajstić information content (AvgIpc) is 2.02. The summed E-state index contributed by atoms with van der Waals surface area (Å²) >= 11 is 0. The highest BCUT2D eigenvalue weighted by Gasteiger charge is 2.28. The predicted octanol–water partition coefficient (Wildman–Crippen LogP) is 1.77. The molecule has 1 rings (SSSR count). The molecule has 4 heteroatoms. The summed E-state index contributed by atoms with van der Waals surface area (Å²) in [6.45, 7) is 4.03. The molecule has 3 nitrogen and oxygen atoms in total. The molecule has 0 saturated heterocycles. The van der Waals surface area contributed by atoms with Gasteiger partial charge in [0.05, 0.1) is 17.5 Å². The Bertz CT molecular complexity index is 261. The van der Waals surface area contributed by atoms with Crippen molar-refractivity contribution in [2.24, 2.45) is 0 Å². The van der Waals surface area contributed by atoms with Crippen LogP contribution in [0.4, 0.5) is 0 Å². The summed E-state index contributed by atoms with van der Waals surface area (Å²) in [7, 11) is -2.83. The van der Waals surface area contributed by atoms with Gasteiger partial charge in [0, 0.05) is 6.26 Å². The van der Waals surface area contributed by atoms with Crippen molar-refractivity contribution >= 4 is 9.84 Å². The zero-order valence-electron chi connectivity index (χ0n) is 9.19. The van der Waals surface area contributed by atoms with Gasteiger partial charge in [0.25, 0.3) is 0 Å². The van der Waals surface area contributed by atoms with E-state index in [4.69, 9.17) is 4.74 Å². The lowest BCUT2D eigenvalue weighted by atomic mass is 9.97. The highest BCUT2D eigenvalue weighted by Crippen LogP contribution is 2.26. The van der Waals surface area contributed by atoms with Crippen LogP contribution >= 0.6 is 0 Å². The molecule has 0 bridgehead atoms. The van der Waals surface area contributed by atoms with Gasteiger partial charge in [-0.1, -0.05) is 0 Å². The minimum absolute atomic E-state index is 0.130. The van der Waals surface area contributed by atoms with Gasteiger partial charge in [-0.25, -0.2) is 8.42 Å². The first kappa shape index (κ1) is 12.0. The fourth-order valence-corrected chi connectivity index (χ4v) is 3.11. The van der Waals surface area contributed by atoms with Crippen LogP contribution in [0, 0.1) is 0 Å². The molecule has 0 N–H and O–H groups in total. The Morgan fingerprint density at radius 1 is 1.14 bits per heavy atom. The van der Waals surface area contributed by atoms with Crippen molar-refractivity contribution in [1.29, 1.82) is 0 Å². The van der Waals surface area contributed by atoms with Gasteiger partial charge in [0.15, 0.2) is 0 Å². The first-order valence-corrected chi connectivity index (χ1v) is 7.19. The molecule has 1 aliphatic carbocycles. The normalized spacial score (nSPS) is 29.4. The lowest BCUT2D eigenvalue weighted by Gasteiger charge is -2.28. The van der Waals surface area contributed by atoms with Gasteiger partial charge < -0.3 is 4.74 Å². The van der Waals surface area contributed by atoms with Crippen LogP contribution in [0.2, 0.25) is 0 Å². The SMILES string of the molecule is CC(C)OC1CCC(S(C)(=O)=O)CC1. The Morgan fingerprint density at radius 3 is 2.00 bits per heavy atom. The van der Waals surface area contributed by atoms with Crippen molar-refractivity contribution in [2.75, 3.05) is 6.26 Å². The maximum atomic E-state index is 11.3. The third-order valence-corrected chi connectivity index (χ3v) is 4.37. The van der Waals surface area contributed by atoms with Crippen molar-refractivity contribution < 1.29 is 13.2 Å².